The van der Waals surface area contributed by atoms with Crippen molar-refractivity contribution < 1.29 is 0 Å². The Kier molecular flexibility index (Phi) is 26.6. The summed E-state index contributed by atoms with van der Waals surface area (Å²) in [7, 11) is -1.07. The van der Waals surface area contributed by atoms with Gasteiger partial charge in [-0.3, -0.25) is 0 Å². The molecule has 1 atom stereocenters. The molecule has 0 amide bonds. The predicted molar refractivity (Wildman–Crippen MR) is 149 cm³/mol. The Labute approximate surface area is 204 Å². The quantitative estimate of drug-likeness (QED) is 0.107. The Balaban J connectivity index is 0. The van der Waals surface area contributed by atoms with Gasteiger partial charge in [-0.15, -0.1) is 17.0 Å². The average Bonchev–Trinajstić information content (AvgIpc) is 2.75. The fourth-order valence-electron chi connectivity index (χ4n) is 5.23. The summed E-state index contributed by atoms with van der Waals surface area (Å²) < 4.78 is 0. The molecule has 1 unspecified atom stereocenters. The van der Waals surface area contributed by atoms with E-state index < -0.39 is 8.07 Å². The van der Waals surface area contributed by atoms with Gasteiger partial charge >= 0.3 is 0 Å². The monoisotopic (exact) mass is 505 g/mol. The first-order valence-corrected chi connectivity index (χ1v) is 16.6. The molecule has 0 rings (SSSR count). The SMILES string of the molecule is Br.CCCCCCCCCCCCCCCCCCNC(CC)[Si](CC)(CC)CC. The summed E-state index contributed by atoms with van der Waals surface area (Å²) in [6, 6.07) is 4.35. The van der Waals surface area contributed by atoms with Gasteiger partial charge in [0, 0.05) is 5.67 Å². The van der Waals surface area contributed by atoms with Crippen molar-refractivity contribution in [1.82, 2.24) is 5.32 Å². The summed E-state index contributed by atoms with van der Waals surface area (Å²) in [4.78, 5) is 0. The Morgan fingerprint density at radius 2 is 0.833 bits per heavy atom. The second kappa shape index (κ2) is 24.3. The molecule has 0 aromatic heterocycles. The van der Waals surface area contributed by atoms with Gasteiger partial charge in [-0.1, -0.05) is 149 Å². The van der Waals surface area contributed by atoms with E-state index in [1.165, 1.54) is 134 Å². The minimum atomic E-state index is -1.07. The molecule has 30 heavy (non-hydrogen) atoms. The van der Waals surface area contributed by atoms with Gasteiger partial charge in [-0.2, -0.15) is 0 Å². The molecule has 0 saturated carbocycles. The highest BCUT2D eigenvalue weighted by Gasteiger charge is 2.34. The van der Waals surface area contributed by atoms with Crippen LogP contribution in [0.15, 0.2) is 0 Å². The van der Waals surface area contributed by atoms with Gasteiger partial charge in [0.25, 0.3) is 0 Å². The molecule has 0 aliphatic rings. The van der Waals surface area contributed by atoms with Crippen LogP contribution >= 0.6 is 17.0 Å². The zero-order valence-corrected chi connectivity index (χ0v) is 24.5. The van der Waals surface area contributed by atoms with E-state index in [-0.39, 0.29) is 17.0 Å². The number of unbranched alkanes of at least 4 members (excludes halogenated alkanes) is 15. The van der Waals surface area contributed by atoms with Crippen LogP contribution in [-0.4, -0.2) is 20.3 Å². The first-order valence-electron chi connectivity index (χ1n) is 13.9. The van der Waals surface area contributed by atoms with Crippen LogP contribution in [0, 0.1) is 0 Å². The molecule has 0 radical (unpaired) electrons. The number of nitrogens with one attached hydrogen (secondary N) is 1. The Hall–Kier alpha value is 0.657. The fraction of sp³-hybridized carbons (Fsp3) is 1.00. The minimum Gasteiger partial charge on any atom is -0.317 e. The van der Waals surface area contributed by atoms with Gasteiger partial charge in [0.15, 0.2) is 0 Å². The third-order valence-electron chi connectivity index (χ3n) is 7.68. The second-order valence-corrected chi connectivity index (χ2v) is 15.2. The van der Waals surface area contributed by atoms with E-state index >= 15 is 0 Å². The van der Waals surface area contributed by atoms with E-state index in [0.717, 1.165) is 5.67 Å². The Morgan fingerprint density at radius 1 is 0.500 bits per heavy atom. The van der Waals surface area contributed by atoms with E-state index in [2.05, 4.69) is 39.9 Å². The zero-order valence-electron chi connectivity index (χ0n) is 21.8. The summed E-state index contributed by atoms with van der Waals surface area (Å²) >= 11 is 0. The average molecular weight is 507 g/mol. The maximum absolute atomic E-state index is 3.97. The number of rotatable bonds is 23. The fourth-order valence-corrected chi connectivity index (χ4v) is 9.65. The highest BCUT2D eigenvalue weighted by molar-refractivity contribution is 8.93. The topological polar surface area (TPSA) is 12.0 Å². The second-order valence-electron chi connectivity index (χ2n) is 9.64. The lowest BCUT2D eigenvalue weighted by Gasteiger charge is -2.37. The molecular weight excluding hydrogens is 446 g/mol. The van der Waals surface area contributed by atoms with Gasteiger partial charge < -0.3 is 5.32 Å². The third kappa shape index (κ3) is 16.3. The van der Waals surface area contributed by atoms with E-state index in [1.54, 1.807) is 0 Å². The van der Waals surface area contributed by atoms with Gasteiger partial charge in [-0.05, 0) is 19.4 Å². The van der Waals surface area contributed by atoms with Crippen LogP contribution < -0.4 is 5.32 Å². The van der Waals surface area contributed by atoms with Gasteiger partial charge in [0.1, 0.15) is 0 Å². The number of hydrogen-bond acceptors (Lipinski definition) is 1. The van der Waals surface area contributed by atoms with Crippen molar-refractivity contribution in [2.75, 3.05) is 6.54 Å². The summed E-state index contributed by atoms with van der Waals surface area (Å²) in [6.07, 6.45) is 24.6. The number of halogens is 1. The lowest BCUT2D eigenvalue weighted by atomic mass is 10.0. The summed E-state index contributed by atoms with van der Waals surface area (Å²) in [5.41, 5.74) is 0.846. The zero-order chi connectivity index (χ0) is 21.6. The molecular formula is C27H60BrNSi. The van der Waals surface area contributed by atoms with Crippen LogP contribution in [0.1, 0.15) is 144 Å². The van der Waals surface area contributed by atoms with E-state index in [4.69, 9.17) is 0 Å². The molecule has 0 fully saturated rings. The smallest absolute Gasteiger partial charge is 0.0718 e. The Morgan fingerprint density at radius 3 is 1.13 bits per heavy atom. The third-order valence-corrected chi connectivity index (χ3v) is 14.0. The minimum absolute atomic E-state index is 0. The van der Waals surface area contributed by atoms with Crippen LogP contribution in [0.3, 0.4) is 0 Å². The summed E-state index contributed by atoms with van der Waals surface area (Å²) in [5.74, 6) is 0. The molecule has 0 aliphatic carbocycles. The molecule has 0 bridgehead atoms. The van der Waals surface area contributed by atoms with Gasteiger partial charge in [0.2, 0.25) is 0 Å². The van der Waals surface area contributed by atoms with Crippen LogP contribution in [0.5, 0.6) is 0 Å². The van der Waals surface area contributed by atoms with Crippen molar-refractivity contribution in [3.8, 4) is 0 Å². The highest BCUT2D eigenvalue weighted by Crippen LogP contribution is 2.26. The summed E-state index contributed by atoms with van der Waals surface area (Å²) in [5, 5.41) is 3.97. The van der Waals surface area contributed by atoms with Crippen molar-refractivity contribution in [3.63, 3.8) is 0 Å². The Bertz CT molecular complexity index is 312. The molecule has 1 N–H and O–H groups in total. The van der Waals surface area contributed by atoms with Gasteiger partial charge in [0.05, 0.1) is 8.07 Å². The predicted octanol–water partition coefficient (Wildman–Crippen LogP) is 10.2. The maximum atomic E-state index is 3.97. The molecule has 0 aromatic carbocycles. The van der Waals surface area contributed by atoms with Crippen molar-refractivity contribution in [2.45, 2.75) is 168 Å². The molecule has 0 saturated heterocycles. The first-order chi connectivity index (χ1) is 14.2. The van der Waals surface area contributed by atoms with Crippen molar-refractivity contribution in [1.29, 1.82) is 0 Å². The molecule has 1 nitrogen and oxygen atoms in total. The largest absolute Gasteiger partial charge is 0.317 e. The standard InChI is InChI=1S/C27H59NSi.BrH/c1-6-11-12-13-14-15-16-17-18-19-20-21-22-23-24-25-26-28-27(7-2)29(8-3,9-4)10-5;/h27-28H,6-26H2,1-5H3;1H. The van der Waals surface area contributed by atoms with Crippen LogP contribution in [0.4, 0.5) is 0 Å². The molecule has 0 spiro atoms. The molecule has 0 heterocycles. The first kappa shape index (κ1) is 32.8. The maximum Gasteiger partial charge on any atom is 0.0718 e. The lowest BCUT2D eigenvalue weighted by Crippen LogP contribution is -2.53. The highest BCUT2D eigenvalue weighted by atomic mass is 79.9. The van der Waals surface area contributed by atoms with Crippen molar-refractivity contribution in [3.05, 3.63) is 0 Å². The summed E-state index contributed by atoms with van der Waals surface area (Å²) in [6.45, 7) is 13.3. The van der Waals surface area contributed by atoms with E-state index in [1.807, 2.05) is 0 Å². The lowest BCUT2D eigenvalue weighted by molar-refractivity contribution is 0.518. The van der Waals surface area contributed by atoms with Crippen molar-refractivity contribution in [2.24, 2.45) is 0 Å². The van der Waals surface area contributed by atoms with Crippen LogP contribution in [0.2, 0.25) is 18.1 Å². The number of hydrogen-bond donors (Lipinski definition) is 1. The van der Waals surface area contributed by atoms with Crippen molar-refractivity contribution >= 4 is 25.1 Å². The van der Waals surface area contributed by atoms with Crippen LogP contribution in [0.25, 0.3) is 0 Å². The van der Waals surface area contributed by atoms with Gasteiger partial charge in [-0.25, -0.2) is 0 Å². The molecule has 0 aliphatic heterocycles. The van der Waals surface area contributed by atoms with E-state index in [0.29, 0.717) is 0 Å². The van der Waals surface area contributed by atoms with E-state index in [9.17, 15) is 0 Å². The molecule has 184 valence electrons. The van der Waals surface area contributed by atoms with Crippen LogP contribution in [-0.2, 0) is 0 Å². The normalized spacial score (nSPS) is 12.7. The molecule has 0 aromatic rings. The molecule has 3 heteroatoms.